The molecule has 0 rings (SSSR count). The van der Waals surface area contributed by atoms with Gasteiger partial charge >= 0.3 is 0 Å². The smallest absolute Gasteiger partial charge is 0.151 e. The third kappa shape index (κ3) is 7.73. The van der Waals surface area contributed by atoms with Crippen molar-refractivity contribution in [2.24, 2.45) is 0 Å². The Bertz CT molecular complexity index is 279. The van der Waals surface area contributed by atoms with E-state index in [0.717, 1.165) is 13.1 Å². The zero-order chi connectivity index (χ0) is 13.5. The van der Waals surface area contributed by atoms with Crippen molar-refractivity contribution in [1.82, 2.24) is 10.2 Å². The van der Waals surface area contributed by atoms with E-state index in [9.17, 15) is 8.42 Å². The van der Waals surface area contributed by atoms with Gasteiger partial charge in [-0.2, -0.15) is 0 Å². The summed E-state index contributed by atoms with van der Waals surface area (Å²) >= 11 is 0. The molecule has 0 heterocycles. The Kier molecular flexibility index (Phi) is 8.00. The molecule has 0 bridgehead atoms. The van der Waals surface area contributed by atoms with Crippen molar-refractivity contribution < 1.29 is 8.42 Å². The van der Waals surface area contributed by atoms with Crippen LogP contribution in [0, 0.1) is 0 Å². The highest BCUT2D eigenvalue weighted by atomic mass is 32.2. The normalized spacial score (nSPS) is 12.9. The molecule has 0 saturated heterocycles. The van der Waals surface area contributed by atoms with Crippen molar-refractivity contribution in [2.75, 3.05) is 31.1 Å². The first-order valence-corrected chi connectivity index (χ1v) is 8.29. The number of sulfone groups is 1. The second-order valence-corrected chi connectivity index (χ2v) is 7.38. The van der Waals surface area contributed by atoms with Gasteiger partial charge in [-0.15, -0.1) is 0 Å². The Hall–Kier alpha value is -0.130. The molecule has 0 aromatic rings. The molecule has 1 N–H and O–H groups in total. The summed E-state index contributed by atoms with van der Waals surface area (Å²) in [5.74, 6) is 0.478. The number of hydrogen-bond donors (Lipinski definition) is 1. The molecule has 0 atom stereocenters. The van der Waals surface area contributed by atoms with Gasteiger partial charge < -0.3 is 5.32 Å². The van der Waals surface area contributed by atoms with E-state index in [2.05, 4.69) is 37.9 Å². The lowest BCUT2D eigenvalue weighted by atomic mass is 10.2. The highest BCUT2D eigenvalue weighted by Crippen LogP contribution is 2.03. The lowest BCUT2D eigenvalue weighted by molar-refractivity contribution is 0.176. The standard InChI is InChI=1S/C12H28N2O2S/c1-6-17(15,16)10-8-13-7-9-14(11(2)3)12(4)5/h11-13H,6-10H2,1-5H3. The van der Waals surface area contributed by atoms with E-state index in [1.165, 1.54) is 0 Å². The number of hydrogen-bond acceptors (Lipinski definition) is 4. The Morgan fingerprint density at radius 2 is 1.59 bits per heavy atom. The van der Waals surface area contributed by atoms with Crippen LogP contribution in [0.3, 0.4) is 0 Å². The van der Waals surface area contributed by atoms with Crippen LogP contribution >= 0.6 is 0 Å². The average Bonchev–Trinajstić information content (AvgIpc) is 2.22. The summed E-state index contributed by atoms with van der Waals surface area (Å²) in [6.07, 6.45) is 0. The first-order chi connectivity index (χ1) is 7.80. The molecule has 0 aliphatic heterocycles. The fourth-order valence-corrected chi connectivity index (χ4v) is 2.56. The van der Waals surface area contributed by atoms with Crippen LogP contribution in [-0.2, 0) is 9.84 Å². The van der Waals surface area contributed by atoms with Crippen molar-refractivity contribution in [2.45, 2.75) is 46.7 Å². The van der Waals surface area contributed by atoms with Crippen LogP contribution in [0.2, 0.25) is 0 Å². The number of nitrogens with one attached hydrogen (secondary N) is 1. The van der Waals surface area contributed by atoms with Crippen molar-refractivity contribution in [3.8, 4) is 0 Å². The van der Waals surface area contributed by atoms with Crippen molar-refractivity contribution >= 4 is 9.84 Å². The van der Waals surface area contributed by atoms with Gasteiger partial charge in [-0.25, -0.2) is 8.42 Å². The molecule has 0 aliphatic carbocycles. The Balaban J connectivity index is 3.77. The minimum absolute atomic E-state index is 0.235. The average molecular weight is 264 g/mol. The molecule has 0 fully saturated rings. The quantitative estimate of drug-likeness (QED) is 0.634. The van der Waals surface area contributed by atoms with Gasteiger partial charge in [0.25, 0.3) is 0 Å². The Labute approximate surface area is 107 Å². The molecule has 4 nitrogen and oxygen atoms in total. The van der Waals surface area contributed by atoms with Crippen LogP contribution in [-0.4, -0.2) is 56.5 Å². The lowest BCUT2D eigenvalue weighted by Gasteiger charge is -2.30. The van der Waals surface area contributed by atoms with Gasteiger partial charge in [0, 0.05) is 37.5 Å². The Morgan fingerprint density at radius 1 is 1.06 bits per heavy atom. The molecule has 0 aliphatic rings. The lowest BCUT2D eigenvalue weighted by Crippen LogP contribution is -2.42. The van der Waals surface area contributed by atoms with Crippen molar-refractivity contribution in [3.05, 3.63) is 0 Å². The van der Waals surface area contributed by atoms with E-state index < -0.39 is 9.84 Å². The van der Waals surface area contributed by atoms with Crippen molar-refractivity contribution in [3.63, 3.8) is 0 Å². The van der Waals surface area contributed by atoms with Crippen LogP contribution in [0.15, 0.2) is 0 Å². The second kappa shape index (κ2) is 8.06. The predicted octanol–water partition coefficient (Wildman–Crippen LogP) is 1.13. The maximum absolute atomic E-state index is 11.3. The van der Waals surface area contributed by atoms with E-state index in [0.29, 0.717) is 18.6 Å². The fraction of sp³-hybridized carbons (Fsp3) is 1.00. The summed E-state index contributed by atoms with van der Waals surface area (Å²) in [5, 5.41) is 3.20. The number of rotatable bonds is 9. The minimum atomic E-state index is -2.83. The van der Waals surface area contributed by atoms with Gasteiger partial charge in [0.15, 0.2) is 9.84 Å². The van der Waals surface area contributed by atoms with E-state index in [4.69, 9.17) is 0 Å². The predicted molar refractivity (Wildman–Crippen MR) is 74.2 cm³/mol. The van der Waals surface area contributed by atoms with E-state index >= 15 is 0 Å². The molecular weight excluding hydrogens is 236 g/mol. The monoisotopic (exact) mass is 264 g/mol. The molecule has 0 saturated carbocycles. The topological polar surface area (TPSA) is 49.4 Å². The SMILES string of the molecule is CCS(=O)(=O)CCNCCN(C(C)C)C(C)C. The molecule has 17 heavy (non-hydrogen) atoms. The van der Waals surface area contributed by atoms with E-state index in [-0.39, 0.29) is 11.5 Å². The van der Waals surface area contributed by atoms with Gasteiger partial charge in [-0.05, 0) is 27.7 Å². The van der Waals surface area contributed by atoms with Crippen LogP contribution in [0.5, 0.6) is 0 Å². The molecule has 0 radical (unpaired) electrons. The van der Waals surface area contributed by atoms with Gasteiger partial charge in [0.05, 0.1) is 5.75 Å². The zero-order valence-corrected chi connectivity index (χ0v) is 12.7. The summed E-state index contributed by atoms with van der Waals surface area (Å²) in [5.41, 5.74) is 0. The van der Waals surface area contributed by atoms with Gasteiger partial charge in [-0.3, -0.25) is 4.90 Å². The molecule has 0 spiro atoms. The van der Waals surface area contributed by atoms with E-state index in [1.54, 1.807) is 6.92 Å². The van der Waals surface area contributed by atoms with Crippen LogP contribution in [0.4, 0.5) is 0 Å². The molecular formula is C12H28N2O2S. The Morgan fingerprint density at radius 3 is 2.00 bits per heavy atom. The third-order valence-electron chi connectivity index (χ3n) is 2.90. The summed E-state index contributed by atoms with van der Waals surface area (Å²) in [7, 11) is -2.83. The molecule has 0 aromatic carbocycles. The maximum atomic E-state index is 11.3. The molecule has 104 valence electrons. The molecule has 0 unspecified atom stereocenters. The minimum Gasteiger partial charge on any atom is -0.314 e. The van der Waals surface area contributed by atoms with Crippen LogP contribution < -0.4 is 5.32 Å². The molecule has 0 aromatic heterocycles. The highest BCUT2D eigenvalue weighted by Gasteiger charge is 2.12. The van der Waals surface area contributed by atoms with Crippen LogP contribution in [0.1, 0.15) is 34.6 Å². The molecule has 5 heteroatoms. The second-order valence-electron chi connectivity index (χ2n) is 4.91. The van der Waals surface area contributed by atoms with Gasteiger partial charge in [0.1, 0.15) is 0 Å². The first kappa shape index (κ1) is 16.9. The van der Waals surface area contributed by atoms with Crippen molar-refractivity contribution in [1.29, 1.82) is 0 Å². The van der Waals surface area contributed by atoms with E-state index in [1.807, 2.05) is 0 Å². The molecule has 0 amide bonds. The zero-order valence-electron chi connectivity index (χ0n) is 11.9. The summed E-state index contributed by atoms with van der Waals surface area (Å²) in [6, 6.07) is 1.05. The summed E-state index contributed by atoms with van der Waals surface area (Å²) in [4.78, 5) is 2.39. The fourth-order valence-electron chi connectivity index (χ4n) is 1.82. The summed E-state index contributed by atoms with van der Waals surface area (Å²) in [6.45, 7) is 12.8. The number of nitrogens with zero attached hydrogens (tertiary/aromatic N) is 1. The first-order valence-electron chi connectivity index (χ1n) is 6.47. The van der Waals surface area contributed by atoms with Crippen LogP contribution in [0.25, 0.3) is 0 Å². The summed E-state index contributed by atoms with van der Waals surface area (Å²) < 4.78 is 22.5. The van der Waals surface area contributed by atoms with Gasteiger partial charge in [-0.1, -0.05) is 6.92 Å². The van der Waals surface area contributed by atoms with Gasteiger partial charge in [0.2, 0.25) is 0 Å². The third-order valence-corrected chi connectivity index (χ3v) is 4.61. The maximum Gasteiger partial charge on any atom is 0.151 e. The largest absolute Gasteiger partial charge is 0.314 e. The highest BCUT2D eigenvalue weighted by molar-refractivity contribution is 7.91.